The van der Waals surface area contributed by atoms with E-state index in [1.807, 2.05) is 0 Å². The quantitative estimate of drug-likeness (QED) is 0.365. The Morgan fingerprint density at radius 3 is 1.87 bits per heavy atom. The molecule has 0 spiro atoms. The minimum Gasteiger partial charge on any atom is -0.484 e. The number of rotatable bonds is 10. The summed E-state index contributed by atoms with van der Waals surface area (Å²) in [6, 6.07) is 7.69. The second kappa shape index (κ2) is 11.9. The summed E-state index contributed by atoms with van der Waals surface area (Å²) in [6.07, 6.45) is 1.27. The SMILES string of the molecule is NCC(=O)O[C@H]1CC2(NC(=O)COc3ccc(Cl)c(F)c3)CCC1(NC(=O)COc1ccc(Cl)c(F)c1)CC2. The van der Waals surface area contributed by atoms with Crippen LogP contribution in [0.1, 0.15) is 32.1 Å². The van der Waals surface area contributed by atoms with E-state index in [2.05, 4.69) is 10.6 Å². The van der Waals surface area contributed by atoms with Gasteiger partial charge in [0, 0.05) is 24.1 Å². The first-order valence-corrected chi connectivity index (χ1v) is 13.0. The van der Waals surface area contributed by atoms with Gasteiger partial charge >= 0.3 is 5.97 Å². The largest absolute Gasteiger partial charge is 0.484 e. The van der Waals surface area contributed by atoms with E-state index < -0.39 is 53.2 Å². The maximum Gasteiger partial charge on any atom is 0.320 e. The first-order valence-electron chi connectivity index (χ1n) is 12.2. The Balaban J connectivity index is 1.38. The van der Waals surface area contributed by atoms with Crippen LogP contribution in [-0.4, -0.2) is 54.7 Å². The number of hydrogen-bond donors (Lipinski definition) is 3. The molecule has 0 aromatic heterocycles. The number of carbonyl (C=O) groups is 3. The Labute approximate surface area is 233 Å². The first-order chi connectivity index (χ1) is 18.5. The van der Waals surface area contributed by atoms with Crippen molar-refractivity contribution in [2.75, 3.05) is 19.8 Å². The molecule has 0 radical (unpaired) electrons. The zero-order chi connectivity index (χ0) is 28.2. The molecule has 210 valence electrons. The third-order valence-corrected chi connectivity index (χ3v) is 7.66. The van der Waals surface area contributed by atoms with Crippen LogP contribution in [0.25, 0.3) is 0 Å². The summed E-state index contributed by atoms with van der Waals surface area (Å²) in [5.41, 5.74) is 3.86. The molecule has 13 heteroatoms. The van der Waals surface area contributed by atoms with Crippen LogP contribution in [0.5, 0.6) is 11.5 Å². The molecular formula is C26H27Cl2F2N3O6. The second-order valence-electron chi connectivity index (χ2n) is 9.65. The summed E-state index contributed by atoms with van der Waals surface area (Å²) < 4.78 is 43.7. The minimum absolute atomic E-state index is 0.0609. The highest BCUT2D eigenvalue weighted by Gasteiger charge is 2.57. The number of hydrogen-bond acceptors (Lipinski definition) is 7. The highest BCUT2D eigenvalue weighted by atomic mass is 35.5. The Morgan fingerprint density at radius 1 is 0.872 bits per heavy atom. The molecule has 2 aromatic carbocycles. The molecule has 0 saturated heterocycles. The van der Waals surface area contributed by atoms with Crippen LogP contribution in [0.2, 0.25) is 10.0 Å². The summed E-state index contributed by atoms with van der Waals surface area (Å²) >= 11 is 11.3. The molecule has 3 aliphatic rings. The molecule has 39 heavy (non-hydrogen) atoms. The molecule has 9 nitrogen and oxygen atoms in total. The Hall–Kier alpha value is -3.15. The third-order valence-electron chi connectivity index (χ3n) is 7.05. The smallest absolute Gasteiger partial charge is 0.320 e. The standard InChI is InChI=1S/C26H27Cl2F2N3O6/c27-17-3-1-15(9-19(17)29)37-13-22(34)32-25-5-7-26(8-6-25,21(11-25)39-24(36)12-31)33-23(35)14-38-16-2-4-18(28)20(30)10-16/h1-4,9-10,21H,5-8,11-14,31H2,(H,32,34)(H,33,35)/t21-,25?,26?/m0/s1. The van der Waals surface area contributed by atoms with Crippen LogP contribution in [-0.2, 0) is 19.1 Å². The number of amides is 2. The third kappa shape index (κ3) is 6.90. The van der Waals surface area contributed by atoms with Gasteiger partial charge in [-0.2, -0.15) is 0 Å². The van der Waals surface area contributed by atoms with Gasteiger partial charge < -0.3 is 30.6 Å². The monoisotopic (exact) mass is 585 g/mol. The van der Waals surface area contributed by atoms with Crippen LogP contribution in [0.3, 0.4) is 0 Å². The lowest BCUT2D eigenvalue weighted by Gasteiger charge is -2.57. The second-order valence-corrected chi connectivity index (χ2v) is 10.5. The number of nitrogens with one attached hydrogen (secondary N) is 2. The van der Waals surface area contributed by atoms with E-state index >= 15 is 0 Å². The van der Waals surface area contributed by atoms with E-state index in [1.54, 1.807) is 0 Å². The number of ether oxygens (including phenoxy) is 3. The number of benzene rings is 2. The minimum atomic E-state index is -0.889. The molecule has 2 aromatic rings. The molecule has 0 heterocycles. The van der Waals surface area contributed by atoms with Crippen molar-refractivity contribution in [3.63, 3.8) is 0 Å². The molecule has 2 bridgehead atoms. The topological polar surface area (TPSA) is 129 Å². The van der Waals surface area contributed by atoms with Crippen molar-refractivity contribution in [3.05, 3.63) is 58.1 Å². The molecule has 4 N–H and O–H groups in total. The van der Waals surface area contributed by atoms with E-state index in [-0.39, 0.29) is 41.1 Å². The zero-order valence-corrected chi connectivity index (χ0v) is 22.2. The maximum absolute atomic E-state index is 13.7. The van der Waals surface area contributed by atoms with Gasteiger partial charge in [0.05, 0.1) is 22.1 Å². The predicted octanol–water partition coefficient (Wildman–Crippen LogP) is 3.29. The number of esters is 1. The molecule has 5 rings (SSSR count). The molecule has 3 fully saturated rings. The van der Waals surface area contributed by atoms with Crippen LogP contribution >= 0.6 is 23.2 Å². The molecular weight excluding hydrogens is 559 g/mol. The van der Waals surface area contributed by atoms with Crippen LogP contribution in [0, 0.1) is 11.6 Å². The fraction of sp³-hybridized carbons (Fsp3) is 0.423. The average molecular weight is 586 g/mol. The van der Waals surface area contributed by atoms with Gasteiger partial charge in [0.2, 0.25) is 0 Å². The molecule has 2 amide bonds. The number of carbonyl (C=O) groups excluding carboxylic acids is 3. The molecule has 3 aliphatic carbocycles. The lowest BCUT2D eigenvalue weighted by Crippen LogP contribution is -2.71. The van der Waals surface area contributed by atoms with Gasteiger partial charge in [0.15, 0.2) is 13.2 Å². The molecule has 3 saturated carbocycles. The van der Waals surface area contributed by atoms with E-state index in [9.17, 15) is 23.2 Å². The molecule has 0 unspecified atom stereocenters. The van der Waals surface area contributed by atoms with Crippen molar-refractivity contribution in [2.45, 2.75) is 49.3 Å². The number of nitrogens with two attached hydrogens (primary N) is 1. The van der Waals surface area contributed by atoms with E-state index in [4.69, 9.17) is 43.1 Å². The lowest BCUT2D eigenvalue weighted by atomic mass is 9.59. The highest BCUT2D eigenvalue weighted by molar-refractivity contribution is 6.31. The Morgan fingerprint density at radius 2 is 1.38 bits per heavy atom. The summed E-state index contributed by atoms with van der Waals surface area (Å²) in [5.74, 6) is -2.63. The van der Waals surface area contributed by atoms with Gasteiger partial charge in [-0.15, -0.1) is 0 Å². The van der Waals surface area contributed by atoms with Crippen molar-refractivity contribution in [1.82, 2.24) is 10.6 Å². The summed E-state index contributed by atoms with van der Waals surface area (Å²) in [6.45, 7) is -1.11. The summed E-state index contributed by atoms with van der Waals surface area (Å²) in [4.78, 5) is 37.6. The Bertz CT molecular complexity index is 1260. The number of halogens is 4. The van der Waals surface area contributed by atoms with Gasteiger partial charge in [-0.1, -0.05) is 23.2 Å². The van der Waals surface area contributed by atoms with Gasteiger partial charge in [-0.3, -0.25) is 14.4 Å². The van der Waals surface area contributed by atoms with Crippen LogP contribution in [0.15, 0.2) is 36.4 Å². The first kappa shape index (κ1) is 28.8. The van der Waals surface area contributed by atoms with Crippen molar-refractivity contribution in [1.29, 1.82) is 0 Å². The maximum atomic E-state index is 13.7. The zero-order valence-electron chi connectivity index (χ0n) is 20.7. The Kier molecular flexibility index (Phi) is 8.83. The van der Waals surface area contributed by atoms with Crippen LogP contribution < -0.4 is 25.8 Å². The lowest BCUT2D eigenvalue weighted by molar-refractivity contribution is -0.165. The fourth-order valence-corrected chi connectivity index (χ4v) is 5.31. The van der Waals surface area contributed by atoms with Gasteiger partial charge in [0.25, 0.3) is 11.8 Å². The van der Waals surface area contributed by atoms with E-state index in [0.717, 1.165) is 12.1 Å². The molecule has 1 atom stereocenters. The highest BCUT2D eigenvalue weighted by Crippen LogP contribution is 2.48. The van der Waals surface area contributed by atoms with Gasteiger partial charge in [-0.05, 0) is 49.9 Å². The average Bonchev–Trinajstić information content (AvgIpc) is 2.91. The van der Waals surface area contributed by atoms with Crippen molar-refractivity contribution in [3.8, 4) is 11.5 Å². The number of fused-ring (bicyclic) bond motifs is 3. The fourth-order valence-electron chi connectivity index (χ4n) is 5.07. The van der Waals surface area contributed by atoms with Gasteiger partial charge in [-0.25, -0.2) is 8.78 Å². The van der Waals surface area contributed by atoms with E-state index in [1.165, 1.54) is 24.3 Å². The predicted molar refractivity (Wildman–Crippen MR) is 138 cm³/mol. The summed E-state index contributed by atoms with van der Waals surface area (Å²) in [5, 5.41) is 5.78. The van der Waals surface area contributed by atoms with Gasteiger partial charge in [0.1, 0.15) is 29.2 Å². The normalized spacial score (nSPS) is 23.6. The van der Waals surface area contributed by atoms with Crippen molar-refractivity contribution in [2.24, 2.45) is 5.73 Å². The van der Waals surface area contributed by atoms with E-state index in [0.29, 0.717) is 25.7 Å². The van der Waals surface area contributed by atoms with Crippen LogP contribution in [0.4, 0.5) is 8.78 Å². The molecule has 0 aliphatic heterocycles. The van der Waals surface area contributed by atoms with Crippen molar-refractivity contribution < 1.29 is 37.4 Å². The summed E-state index contributed by atoms with van der Waals surface area (Å²) in [7, 11) is 0. The van der Waals surface area contributed by atoms with Crippen molar-refractivity contribution >= 4 is 41.0 Å².